The highest BCUT2D eigenvalue weighted by molar-refractivity contribution is 5.76. The number of carbonyl (C=O) groups excluding carboxylic acids is 1. The second kappa shape index (κ2) is 6.25. The number of aromatic nitrogens is 5. The van der Waals surface area contributed by atoms with Crippen molar-refractivity contribution in [1.29, 1.82) is 0 Å². The molecule has 0 radical (unpaired) electrons. The molecule has 0 aliphatic carbocycles. The molecule has 2 aromatic rings. The Morgan fingerprint density at radius 2 is 1.88 bits per heavy atom. The van der Waals surface area contributed by atoms with E-state index in [2.05, 4.69) is 15.3 Å². The van der Waals surface area contributed by atoms with Crippen molar-refractivity contribution in [3.8, 4) is 0 Å². The monoisotopic (exact) mass is 342 g/mol. The first-order valence-corrected chi connectivity index (χ1v) is 7.60. The van der Waals surface area contributed by atoms with Crippen LogP contribution in [0, 0.1) is 6.92 Å². The number of hydrogen-bond donors (Lipinski definition) is 0. The second-order valence-electron chi connectivity index (χ2n) is 5.79. The number of hydrogen-bond acceptors (Lipinski definition) is 4. The van der Waals surface area contributed by atoms with Crippen LogP contribution >= 0.6 is 0 Å². The van der Waals surface area contributed by atoms with Crippen LogP contribution in [0.15, 0.2) is 18.5 Å². The van der Waals surface area contributed by atoms with Gasteiger partial charge < -0.3 is 4.90 Å². The van der Waals surface area contributed by atoms with E-state index in [1.807, 2.05) is 0 Å². The molecule has 10 heteroatoms. The molecule has 0 saturated carbocycles. The molecule has 3 rings (SSSR count). The van der Waals surface area contributed by atoms with Crippen LogP contribution < -0.4 is 0 Å². The number of alkyl halides is 3. The summed E-state index contributed by atoms with van der Waals surface area (Å²) in [4.78, 5) is 15.6. The Labute approximate surface area is 136 Å². The number of carbonyl (C=O) groups is 1. The number of likely N-dealkylation sites (tertiary alicyclic amines) is 1. The molecule has 1 aliphatic rings. The molecule has 7 nitrogen and oxygen atoms in total. The van der Waals surface area contributed by atoms with Crippen LogP contribution in [-0.4, -0.2) is 48.7 Å². The highest BCUT2D eigenvalue weighted by atomic mass is 19.4. The van der Waals surface area contributed by atoms with Crippen LogP contribution in [0.3, 0.4) is 0 Å². The summed E-state index contributed by atoms with van der Waals surface area (Å²) in [6.07, 6.45) is 0.138. The van der Waals surface area contributed by atoms with Gasteiger partial charge in [-0.3, -0.25) is 9.48 Å². The zero-order chi connectivity index (χ0) is 17.3. The molecule has 1 saturated heterocycles. The molecule has 3 heterocycles. The van der Waals surface area contributed by atoms with E-state index in [4.69, 9.17) is 0 Å². The van der Waals surface area contributed by atoms with Crippen molar-refractivity contribution in [2.24, 2.45) is 0 Å². The molecule has 0 spiro atoms. The Bertz CT molecular complexity index is 701. The van der Waals surface area contributed by atoms with Gasteiger partial charge in [0.15, 0.2) is 5.69 Å². The number of piperidine rings is 1. The number of halogens is 3. The molecular weight excluding hydrogens is 325 g/mol. The smallest absolute Gasteiger partial charge is 0.341 e. The molecule has 0 unspecified atom stereocenters. The van der Waals surface area contributed by atoms with Crippen LogP contribution in [0.25, 0.3) is 0 Å². The molecule has 2 aromatic heterocycles. The van der Waals surface area contributed by atoms with E-state index in [9.17, 15) is 18.0 Å². The van der Waals surface area contributed by atoms with E-state index in [0.717, 1.165) is 10.7 Å². The maximum absolute atomic E-state index is 12.7. The molecule has 1 aliphatic heterocycles. The van der Waals surface area contributed by atoms with Gasteiger partial charge >= 0.3 is 6.18 Å². The minimum absolute atomic E-state index is 0.146. The highest BCUT2D eigenvalue weighted by Crippen LogP contribution is 2.28. The molecule has 24 heavy (non-hydrogen) atoms. The Morgan fingerprint density at radius 3 is 2.42 bits per heavy atom. The third kappa shape index (κ3) is 3.41. The lowest BCUT2D eigenvalue weighted by atomic mass is 10.1. The van der Waals surface area contributed by atoms with Gasteiger partial charge in [0.2, 0.25) is 5.91 Å². The second-order valence-corrected chi connectivity index (χ2v) is 5.79. The summed E-state index contributed by atoms with van der Waals surface area (Å²) in [5, 5.41) is 11.7. The predicted octanol–water partition coefficient (Wildman–Crippen LogP) is 1.67. The fourth-order valence-corrected chi connectivity index (χ4v) is 2.80. The van der Waals surface area contributed by atoms with E-state index in [1.54, 1.807) is 22.1 Å². The summed E-state index contributed by atoms with van der Waals surface area (Å²) in [5.41, 5.74) is -0.664. The van der Waals surface area contributed by atoms with Gasteiger partial charge in [-0.15, -0.1) is 0 Å². The Balaban J connectivity index is 1.59. The minimum Gasteiger partial charge on any atom is -0.341 e. The average Bonchev–Trinajstić information content (AvgIpc) is 3.17. The molecule has 1 fully saturated rings. The molecule has 0 N–H and O–H groups in total. The topological polar surface area (TPSA) is 68.8 Å². The van der Waals surface area contributed by atoms with E-state index in [-0.39, 0.29) is 18.5 Å². The maximum atomic E-state index is 12.7. The van der Waals surface area contributed by atoms with Gasteiger partial charge in [0, 0.05) is 18.8 Å². The first kappa shape index (κ1) is 16.5. The lowest BCUT2D eigenvalue weighted by molar-refractivity contribution is -0.142. The normalized spacial score (nSPS) is 16.6. The van der Waals surface area contributed by atoms with Crippen molar-refractivity contribution < 1.29 is 18.0 Å². The summed E-state index contributed by atoms with van der Waals surface area (Å²) in [6.45, 7) is 2.37. The summed E-state index contributed by atoms with van der Waals surface area (Å²) in [6, 6.07) is 1.09. The quantitative estimate of drug-likeness (QED) is 0.851. The number of amides is 1. The maximum Gasteiger partial charge on any atom is 0.435 e. The van der Waals surface area contributed by atoms with E-state index in [0.29, 0.717) is 31.6 Å². The van der Waals surface area contributed by atoms with Crippen molar-refractivity contribution in [2.45, 2.75) is 38.5 Å². The molecule has 1 amide bonds. The average molecular weight is 342 g/mol. The minimum atomic E-state index is -4.51. The first-order chi connectivity index (χ1) is 11.3. The fourth-order valence-electron chi connectivity index (χ4n) is 2.80. The van der Waals surface area contributed by atoms with Gasteiger partial charge in [-0.05, 0) is 25.8 Å². The van der Waals surface area contributed by atoms with Gasteiger partial charge in [0.25, 0.3) is 0 Å². The van der Waals surface area contributed by atoms with Crippen LogP contribution in [0.4, 0.5) is 13.2 Å². The summed E-state index contributed by atoms with van der Waals surface area (Å²) >= 11 is 0. The van der Waals surface area contributed by atoms with E-state index < -0.39 is 11.9 Å². The van der Waals surface area contributed by atoms with Crippen LogP contribution in [0.1, 0.15) is 30.3 Å². The zero-order valence-corrected chi connectivity index (χ0v) is 13.1. The molecular formula is C14H17F3N6O. The third-order valence-corrected chi connectivity index (χ3v) is 4.14. The number of rotatable bonds is 3. The summed E-state index contributed by atoms with van der Waals surface area (Å²) < 4.78 is 39.1. The van der Waals surface area contributed by atoms with Gasteiger partial charge in [0.05, 0.1) is 18.4 Å². The van der Waals surface area contributed by atoms with Crippen molar-refractivity contribution in [1.82, 2.24) is 29.7 Å². The molecule has 0 aromatic carbocycles. The lowest BCUT2D eigenvalue weighted by Crippen LogP contribution is -2.41. The van der Waals surface area contributed by atoms with Crippen molar-refractivity contribution >= 4 is 5.91 Å². The number of nitrogens with zero attached hydrogens (tertiary/aromatic N) is 6. The first-order valence-electron chi connectivity index (χ1n) is 7.60. The summed E-state index contributed by atoms with van der Waals surface area (Å²) in [5.74, 6) is -0.234. The van der Waals surface area contributed by atoms with Crippen molar-refractivity contribution in [3.05, 3.63) is 29.8 Å². The van der Waals surface area contributed by atoms with Crippen LogP contribution in [-0.2, 0) is 17.5 Å². The van der Waals surface area contributed by atoms with Crippen LogP contribution in [0.2, 0.25) is 0 Å². The largest absolute Gasteiger partial charge is 0.435 e. The van der Waals surface area contributed by atoms with Gasteiger partial charge in [0.1, 0.15) is 6.54 Å². The van der Waals surface area contributed by atoms with Crippen molar-refractivity contribution in [3.63, 3.8) is 0 Å². The fraction of sp³-hybridized carbons (Fsp3) is 0.571. The molecule has 0 atom stereocenters. The SMILES string of the molecule is Cc1cc(C(F)(F)F)nn1CC(=O)N1CCC(n2nccn2)CC1. The van der Waals surface area contributed by atoms with Crippen LogP contribution in [0.5, 0.6) is 0 Å². The highest BCUT2D eigenvalue weighted by Gasteiger charge is 2.35. The van der Waals surface area contributed by atoms with Gasteiger partial charge in [-0.25, -0.2) is 0 Å². The van der Waals surface area contributed by atoms with E-state index in [1.165, 1.54) is 6.92 Å². The third-order valence-electron chi connectivity index (χ3n) is 4.14. The standard InChI is InChI=1S/C14H17F3N6O/c1-10-8-12(14(15,16)17)20-22(10)9-13(24)21-6-2-11(3-7-21)23-18-4-5-19-23/h4-5,8,11H,2-3,6-7,9H2,1H3. The molecule has 130 valence electrons. The summed E-state index contributed by atoms with van der Waals surface area (Å²) in [7, 11) is 0. The molecule has 0 bridgehead atoms. The Morgan fingerprint density at radius 1 is 1.25 bits per heavy atom. The zero-order valence-electron chi connectivity index (χ0n) is 13.1. The predicted molar refractivity (Wildman–Crippen MR) is 76.8 cm³/mol. The number of aryl methyl sites for hydroxylation is 1. The van der Waals surface area contributed by atoms with Crippen molar-refractivity contribution in [2.75, 3.05) is 13.1 Å². The Hall–Kier alpha value is -2.39. The van der Waals surface area contributed by atoms with E-state index >= 15 is 0 Å². The lowest BCUT2D eigenvalue weighted by Gasteiger charge is -2.31. The van der Waals surface area contributed by atoms with Gasteiger partial charge in [-0.1, -0.05) is 0 Å². The van der Waals surface area contributed by atoms with Gasteiger partial charge in [-0.2, -0.15) is 33.3 Å². The Kier molecular flexibility index (Phi) is 4.29.